The Morgan fingerprint density at radius 1 is 0.915 bits per heavy atom. The number of nitrogens with one attached hydrogen (secondary N) is 2. The Balaban J connectivity index is 0.00000500. The largest absolute Gasteiger partial charge is 0.493 e. The van der Waals surface area contributed by atoms with E-state index in [-0.39, 0.29) is 29.0 Å². The summed E-state index contributed by atoms with van der Waals surface area (Å²) in [7, 11) is 1.53. The molecule has 0 bridgehead atoms. The predicted molar refractivity (Wildman–Crippen MR) is 176 cm³/mol. The van der Waals surface area contributed by atoms with Gasteiger partial charge in [-0.05, 0) is 74.2 Å². The molecule has 2 amide bonds. The van der Waals surface area contributed by atoms with Gasteiger partial charge < -0.3 is 36.1 Å². The number of carbonyl (C=O) groups excluding carboxylic acids is 2. The topological polar surface area (TPSA) is 171 Å². The second-order valence-corrected chi connectivity index (χ2v) is 11.3. The van der Waals surface area contributed by atoms with Crippen LogP contribution >= 0.6 is 11.6 Å². The number of nitrogens with zero attached hydrogens (tertiary/aromatic N) is 1. The minimum atomic E-state index is -1.26. The second-order valence-electron chi connectivity index (χ2n) is 11.0. The van der Waals surface area contributed by atoms with Crippen LogP contribution in [0.1, 0.15) is 44.9 Å². The lowest BCUT2D eigenvalue weighted by Gasteiger charge is -2.18. The second kappa shape index (κ2) is 15.6. The molecule has 0 spiro atoms. The molecule has 1 saturated carbocycles. The van der Waals surface area contributed by atoms with Crippen molar-refractivity contribution in [1.82, 2.24) is 11.1 Å². The lowest BCUT2D eigenvalue weighted by Crippen LogP contribution is -2.35. The zero-order valence-corrected chi connectivity index (χ0v) is 26.6. The molecule has 13 heteroatoms. The number of unbranched alkanes of at least 4 members (excludes halogenated alkanes) is 3. The van der Waals surface area contributed by atoms with E-state index in [1.807, 2.05) is 0 Å². The van der Waals surface area contributed by atoms with E-state index in [4.69, 9.17) is 30.9 Å². The Morgan fingerprint density at radius 2 is 1.64 bits per heavy atom. The summed E-state index contributed by atoms with van der Waals surface area (Å²) < 4.78 is 31.0. The molecule has 0 atom stereocenters. The maximum atomic E-state index is 13.3. The van der Waals surface area contributed by atoms with Crippen LogP contribution in [0.2, 0.25) is 5.02 Å². The summed E-state index contributed by atoms with van der Waals surface area (Å²) in [4.78, 5) is 41.3. The molecule has 11 nitrogen and oxygen atoms in total. The Morgan fingerprint density at radius 3 is 2.34 bits per heavy atom. The molecule has 0 aliphatic heterocycles. The highest BCUT2D eigenvalue weighted by Crippen LogP contribution is 2.48. The number of amides is 2. The van der Waals surface area contributed by atoms with Gasteiger partial charge in [0.25, 0.3) is 0 Å². The third-order valence-electron chi connectivity index (χ3n) is 7.68. The van der Waals surface area contributed by atoms with E-state index in [0.717, 1.165) is 19.3 Å². The molecule has 248 valence electrons. The molecular formula is C34H36ClFN4O7. The average molecular weight is 667 g/mol. The minimum Gasteiger partial charge on any atom is -0.493 e. The number of halogens is 2. The Labute approximate surface area is 276 Å². The summed E-state index contributed by atoms with van der Waals surface area (Å²) >= 11 is 6.69. The smallest absolute Gasteiger partial charge is 0.303 e. The van der Waals surface area contributed by atoms with Crippen LogP contribution in [0.5, 0.6) is 23.0 Å². The van der Waals surface area contributed by atoms with Gasteiger partial charge in [-0.3, -0.25) is 19.4 Å². The highest BCUT2D eigenvalue weighted by Gasteiger charge is 2.56. The maximum absolute atomic E-state index is 13.3. The quantitative estimate of drug-likeness (QED) is 0.0731. The zero-order valence-electron chi connectivity index (χ0n) is 25.8. The molecule has 5 rings (SSSR count). The monoisotopic (exact) mass is 666 g/mol. The molecule has 1 heterocycles. The van der Waals surface area contributed by atoms with Crippen LogP contribution in [-0.2, 0) is 14.4 Å². The fraction of sp³-hybridized carbons (Fsp3) is 0.294. The molecule has 1 aliphatic rings. The molecule has 0 radical (unpaired) electrons. The van der Waals surface area contributed by atoms with Crippen molar-refractivity contribution in [3.05, 3.63) is 77.7 Å². The molecule has 1 aliphatic carbocycles. The Hall–Kier alpha value is -4.94. The van der Waals surface area contributed by atoms with Crippen molar-refractivity contribution < 1.29 is 38.1 Å². The standard InChI is InChI=1S/C34H33ClFN3O7.H3N/c1-44-28-19-23-25(20-29(28)45-18-5-3-2-4-9-30(40)41)37-17-14-26(23)46-27-8-6-7-24(31(27)35)39-33(43)34(15-16-34)32(42)38-22-12-10-21(36)11-13-22;/h6-8,10-14,17,19-20H,2-5,9,15-16,18H2,1H3,(H,38,42)(H,39,43)(H,40,41);1H3. The number of carboxylic acid groups (broad SMARTS) is 1. The number of carboxylic acids is 1. The van der Waals surface area contributed by atoms with Crippen molar-refractivity contribution in [3.8, 4) is 23.0 Å². The molecular weight excluding hydrogens is 631 g/mol. The van der Waals surface area contributed by atoms with Crippen molar-refractivity contribution in [2.75, 3.05) is 24.4 Å². The molecule has 1 aromatic heterocycles. The number of methoxy groups -OCH3 is 1. The first kappa shape index (κ1) is 34.9. The Kier molecular flexibility index (Phi) is 11.6. The van der Waals surface area contributed by atoms with Crippen LogP contribution < -0.4 is 31.0 Å². The number of fused-ring (bicyclic) bond motifs is 1. The van der Waals surface area contributed by atoms with Crippen LogP contribution in [0.3, 0.4) is 0 Å². The first-order chi connectivity index (χ1) is 22.2. The van der Waals surface area contributed by atoms with Gasteiger partial charge in [-0.1, -0.05) is 30.5 Å². The van der Waals surface area contributed by atoms with Gasteiger partial charge in [0.1, 0.15) is 27.8 Å². The summed E-state index contributed by atoms with van der Waals surface area (Å²) in [5.41, 5.74) is 0.00794. The number of hydrogen-bond acceptors (Lipinski definition) is 8. The number of pyridine rings is 1. The molecule has 1 fully saturated rings. The van der Waals surface area contributed by atoms with E-state index in [2.05, 4.69) is 15.6 Å². The van der Waals surface area contributed by atoms with Gasteiger partial charge in [-0.15, -0.1) is 0 Å². The van der Waals surface area contributed by atoms with Crippen LogP contribution in [0.25, 0.3) is 10.9 Å². The number of aliphatic carboxylic acids is 1. The number of hydrogen-bond donors (Lipinski definition) is 4. The van der Waals surface area contributed by atoms with Crippen molar-refractivity contribution in [3.63, 3.8) is 0 Å². The molecule has 6 N–H and O–H groups in total. The number of ether oxygens (including phenoxy) is 3. The zero-order chi connectivity index (χ0) is 32.7. The van der Waals surface area contributed by atoms with Crippen LogP contribution in [0.4, 0.5) is 15.8 Å². The lowest BCUT2D eigenvalue weighted by atomic mass is 10.0. The minimum absolute atomic E-state index is 0. The van der Waals surface area contributed by atoms with E-state index < -0.39 is 29.0 Å². The van der Waals surface area contributed by atoms with Crippen molar-refractivity contribution in [2.24, 2.45) is 5.41 Å². The molecule has 3 aromatic carbocycles. The third-order valence-corrected chi connectivity index (χ3v) is 8.07. The summed E-state index contributed by atoms with van der Waals surface area (Å²) in [5.74, 6) is -0.480. The van der Waals surface area contributed by atoms with Crippen molar-refractivity contribution in [2.45, 2.75) is 44.9 Å². The number of benzene rings is 3. The number of rotatable bonds is 15. The lowest BCUT2D eigenvalue weighted by molar-refractivity contribution is -0.137. The van der Waals surface area contributed by atoms with Crippen LogP contribution in [-0.4, -0.2) is 41.6 Å². The van der Waals surface area contributed by atoms with Gasteiger partial charge in [0, 0.05) is 29.8 Å². The fourth-order valence-corrected chi connectivity index (χ4v) is 5.13. The number of carbonyl (C=O) groups is 3. The molecule has 0 unspecified atom stereocenters. The number of aromatic nitrogens is 1. The van der Waals surface area contributed by atoms with Gasteiger partial charge in [-0.25, -0.2) is 4.39 Å². The summed E-state index contributed by atoms with van der Waals surface area (Å²) in [6, 6.07) is 15.5. The van der Waals surface area contributed by atoms with Crippen molar-refractivity contribution >= 4 is 51.7 Å². The van der Waals surface area contributed by atoms with Gasteiger partial charge in [0.15, 0.2) is 11.5 Å². The summed E-state index contributed by atoms with van der Waals surface area (Å²) in [6.45, 7) is 0.439. The van der Waals surface area contributed by atoms with Crippen LogP contribution in [0, 0.1) is 11.2 Å². The van der Waals surface area contributed by atoms with Gasteiger partial charge in [-0.2, -0.15) is 0 Å². The van der Waals surface area contributed by atoms with E-state index in [1.54, 1.807) is 42.6 Å². The highest BCUT2D eigenvalue weighted by molar-refractivity contribution is 6.35. The van der Waals surface area contributed by atoms with E-state index >= 15 is 0 Å². The molecule has 47 heavy (non-hydrogen) atoms. The summed E-state index contributed by atoms with van der Waals surface area (Å²) in [5, 5.41) is 15.0. The average Bonchev–Trinajstić information content (AvgIpc) is 3.86. The molecule has 4 aromatic rings. The van der Waals surface area contributed by atoms with Gasteiger partial charge in [0.2, 0.25) is 11.8 Å². The van der Waals surface area contributed by atoms with Crippen molar-refractivity contribution in [1.29, 1.82) is 0 Å². The maximum Gasteiger partial charge on any atom is 0.303 e. The molecule has 0 saturated heterocycles. The van der Waals surface area contributed by atoms with E-state index in [1.165, 1.54) is 31.4 Å². The predicted octanol–water partition coefficient (Wildman–Crippen LogP) is 7.76. The van der Waals surface area contributed by atoms with E-state index in [9.17, 15) is 18.8 Å². The van der Waals surface area contributed by atoms with Crippen LogP contribution in [0.15, 0.2) is 66.9 Å². The highest BCUT2D eigenvalue weighted by atomic mass is 35.5. The summed E-state index contributed by atoms with van der Waals surface area (Å²) in [6.07, 6.45) is 5.55. The fourth-order valence-electron chi connectivity index (χ4n) is 4.92. The van der Waals surface area contributed by atoms with Gasteiger partial charge in [0.05, 0.1) is 24.9 Å². The first-order valence-electron chi connectivity index (χ1n) is 14.9. The normalized spacial score (nSPS) is 12.8. The Bertz CT molecular complexity index is 1750. The number of anilines is 2. The first-order valence-corrected chi connectivity index (χ1v) is 15.2. The van der Waals surface area contributed by atoms with Gasteiger partial charge >= 0.3 is 5.97 Å². The SMILES string of the molecule is COc1cc2c(Oc3cccc(NC(=O)C4(C(=O)Nc5ccc(F)cc5)CC4)c3Cl)ccnc2cc1OCCCCCCC(=O)O.N. The third kappa shape index (κ3) is 8.46. The van der Waals surface area contributed by atoms with E-state index in [0.29, 0.717) is 59.7 Å².